The highest BCUT2D eigenvalue weighted by atomic mass is 35.5. The average molecular weight is 257 g/mol. The van der Waals surface area contributed by atoms with Crippen LogP contribution >= 0.6 is 22.9 Å². The van der Waals surface area contributed by atoms with Crippen LogP contribution in [0.3, 0.4) is 0 Å². The van der Waals surface area contributed by atoms with Crippen LogP contribution in [0.2, 0.25) is 5.15 Å². The summed E-state index contributed by atoms with van der Waals surface area (Å²) in [5.41, 5.74) is 5.18. The quantitative estimate of drug-likeness (QED) is 0.826. The van der Waals surface area contributed by atoms with Crippen molar-refractivity contribution >= 4 is 35.1 Å². The van der Waals surface area contributed by atoms with Crippen molar-refractivity contribution < 1.29 is 9.59 Å². The number of carbonyl (C=O) groups excluding carboxylic acids is 2. The Hall–Kier alpha value is -1.73. The van der Waals surface area contributed by atoms with E-state index in [0.29, 0.717) is 16.3 Å². The molecule has 8 heteroatoms. The van der Waals surface area contributed by atoms with Crippen molar-refractivity contribution in [3.63, 3.8) is 0 Å². The number of aldehydes is 1. The highest BCUT2D eigenvalue weighted by molar-refractivity contribution is 7.16. The first-order valence-corrected chi connectivity index (χ1v) is 5.28. The molecule has 0 aliphatic rings. The lowest BCUT2D eigenvalue weighted by atomic mass is 10.4. The van der Waals surface area contributed by atoms with Gasteiger partial charge in [-0.05, 0) is 6.07 Å². The number of amides is 1. The van der Waals surface area contributed by atoms with Crippen LogP contribution in [0.5, 0.6) is 0 Å². The molecular weight excluding hydrogens is 252 g/mol. The molecule has 2 aromatic rings. The van der Waals surface area contributed by atoms with Crippen LogP contribution in [-0.4, -0.2) is 27.0 Å². The summed E-state index contributed by atoms with van der Waals surface area (Å²) in [5, 5.41) is 4.40. The fraction of sp³-hybridized carbons (Fsp3) is 0. The number of thiazole rings is 1. The summed E-state index contributed by atoms with van der Waals surface area (Å²) in [6.45, 7) is 0. The van der Waals surface area contributed by atoms with Crippen molar-refractivity contribution in [2.24, 2.45) is 5.73 Å². The second kappa shape index (κ2) is 4.03. The molecule has 16 heavy (non-hydrogen) atoms. The molecule has 0 bridgehead atoms. The first-order valence-electron chi connectivity index (χ1n) is 4.09. The maximum absolute atomic E-state index is 10.8. The summed E-state index contributed by atoms with van der Waals surface area (Å²) in [6, 6.07) is 1.46. The van der Waals surface area contributed by atoms with Crippen molar-refractivity contribution in [3.05, 3.63) is 28.0 Å². The fourth-order valence-electron chi connectivity index (χ4n) is 1.03. The van der Waals surface area contributed by atoms with Gasteiger partial charge in [0.25, 0.3) is 5.91 Å². The van der Waals surface area contributed by atoms with E-state index < -0.39 is 5.91 Å². The Balaban J connectivity index is 2.42. The Labute approximate surface area is 98.7 Å². The van der Waals surface area contributed by atoms with Gasteiger partial charge in [0.1, 0.15) is 10.6 Å². The van der Waals surface area contributed by atoms with Gasteiger partial charge in [0.05, 0.1) is 0 Å². The molecule has 0 aliphatic carbocycles. The van der Waals surface area contributed by atoms with Gasteiger partial charge in [0, 0.05) is 6.20 Å². The van der Waals surface area contributed by atoms with Gasteiger partial charge in [-0.3, -0.25) is 9.59 Å². The number of rotatable bonds is 3. The van der Waals surface area contributed by atoms with E-state index in [2.05, 4.69) is 10.1 Å². The molecule has 2 heterocycles. The Morgan fingerprint density at radius 3 is 2.88 bits per heavy atom. The minimum absolute atomic E-state index is 0.117. The summed E-state index contributed by atoms with van der Waals surface area (Å²) in [5.74, 6) is -0.628. The zero-order chi connectivity index (χ0) is 11.7. The topological polar surface area (TPSA) is 90.9 Å². The molecule has 0 unspecified atom stereocenters. The van der Waals surface area contributed by atoms with E-state index in [4.69, 9.17) is 17.3 Å². The van der Waals surface area contributed by atoms with E-state index in [-0.39, 0.29) is 10.8 Å². The van der Waals surface area contributed by atoms with E-state index in [1.54, 1.807) is 0 Å². The van der Waals surface area contributed by atoms with E-state index >= 15 is 0 Å². The summed E-state index contributed by atoms with van der Waals surface area (Å²) in [7, 11) is 0. The molecule has 2 rings (SSSR count). The summed E-state index contributed by atoms with van der Waals surface area (Å²) >= 11 is 6.77. The zero-order valence-corrected chi connectivity index (χ0v) is 9.33. The zero-order valence-electron chi connectivity index (χ0n) is 7.75. The Bertz CT molecular complexity index is 562. The van der Waals surface area contributed by atoms with Crippen LogP contribution < -0.4 is 5.73 Å². The third-order valence-corrected chi connectivity index (χ3v) is 3.11. The molecule has 2 aromatic heterocycles. The third-order valence-electron chi connectivity index (χ3n) is 1.74. The van der Waals surface area contributed by atoms with Gasteiger partial charge in [-0.15, -0.1) is 0 Å². The molecule has 82 valence electrons. The minimum atomic E-state index is -0.628. The maximum Gasteiger partial charge on any atom is 0.269 e. The molecule has 0 aliphatic heterocycles. The molecule has 0 aromatic carbocycles. The molecule has 0 saturated heterocycles. The largest absolute Gasteiger partial charge is 0.364 e. The monoisotopic (exact) mass is 256 g/mol. The van der Waals surface area contributed by atoms with Crippen LogP contribution in [0.4, 0.5) is 0 Å². The number of nitrogens with zero attached hydrogens (tertiary/aromatic N) is 3. The summed E-state index contributed by atoms with van der Waals surface area (Å²) in [4.78, 5) is 25.6. The maximum atomic E-state index is 10.8. The molecular formula is C8H5ClN4O2S. The molecule has 6 nitrogen and oxygen atoms in total. The van der Waals surface area contributed by atoms with E-state index in [9.17, 15) is 9.59 Å². The molecule has 0 spiro atoms. The fourth-order valence-corrected chi connectivity index (χ4v) is 2.03. The van der Waals surface area contributed by atoms with Gasteiger partial charge >= 0.3 is 0 Å². The van der Waals surface area contributed by atoms with Crippen molar-refractivity contribution in [3.8, 4) is 5.13 Å². The standard InChI is InChI=1S/C8H5ClN4O2S/c9-6-5(3-14)16-8(11-6)13-2-1-4(12-13)7(10)15/h1-3H,(H2,10,15). The van der Waals surface area contributed by atoms with E-state index in [1.165, 1.54) is 16.9 Å². The van der Waals surface area contributed by atoms with Crippen LogP contribution in [-0.2, 0) is 0 Å². The van der Waals surface area contributed by atoms with Gasteiger partial charge in [-0.2, -0.15) is 5.10 Å². The number of hydrogen-bond acceptors (Lipinski definition) is 5. The van der Waals surface area contributed by atoms with Gasteiger partial charge in [0.15, 0.2) is 11.4 Å². The molecule has 0 atom stereocenters. The van der Waals surface area contributed by atoms with Crippen LogP contribution in [0, 0.1) is 0 Å². The second-order valence-electron chi connectivity index (χ2n) is 2.78. The van der Waals surface area contributed by atoms with Crippen LogP contribution in [0.25, 0.3) is 5.13 Å². The minimum Gasteiger partial charge on any atom is -0.364 e. The Morgan fingerprint density at radius 2 is 2.38 bits per heavy atom. The molecule has 0 saturated carbocycles. The average Bonchev–Trinajstić information content (AvgIpc) is 2.83. The predicted molar refractivity (Wildman–Crippen MR) is 58.2 cm³/mol. The van der Waals surface area contributed by atoms with Gasteiger partial charge in [0.2, 0.25) is 5.13 Å². The molecule has 1 amide bonds. The van der Waals surface area contributed by atoms with Crippen molar-refractivity contribution in [1.82, 2.24) is 14.8 Å². The van der Waals surface area contributed by atoms with Crippen LogP contribution in [0.15, 0.2) is 12.3 Å². The number of halogens is 1. The summed E-state index contributed by atoms with van der Waals surface area (Å²) in [6.07, 6.45) is 2.13. The van der Waals surface area contributed by atoms with Crippen LogP contribution in [0.1, 0.15) is 20.2 Å². The first kappa shape index (κ1) is 10.8. The normalized spacial score (nSPS) is 10.3. The van der Waals surface area contributed by atoms with Gasteiger partial charge in [-0.25, -0.2) is 9.67 Å². The van der Waals surface area contributed by atoms with Gasteiger partial charge in [-0.1, -0.05) is 22.9 Å². The van der Waals surface area contributed by atoms with Crippen molar-refractivity contribution in [2.45, 2.75) is 0 Å². The van der Waals surface area contributed by atoms with E-state index in [0.717, 1.165) is 11.3 Å². The number of carbonyl (C=O) groups is 2. The lowest BCUT2D eigenvalue weighted by Crippen LogP contribution is -2.12. The summed E-state index contributed by atoms with van der Waals surface area (Å²) < 4.78 is 1.34. The first-order chi connectivity index (χ1) is 7.61. The number of hydrogen-bond donors (Lipinski definition) is 1. The molecule has 0 radical (unpaired) electrons. The second-order valence-corrected chi connectivity index (χ2v) is 4.15. The predicted octanol–water partition coefficient (Wildman–Crippen LogP) is 0.894. The number of nitrogens with two attached hydrogens (primary N) is 1. The molecule has 2 N–H and O–H groups in total. The lowest BCUT2D eigenvalue weighted by molar-refractivity contribution is 0.0994. The number of primary amides is 1. The van der Waals surface area contributed by atoms with Gasteiger partial charge < -0.3 is 5.73 Å². The van der Waals surface area contributed by atoms with E-state index in [1.807, 2.05) is 0 Å². The highest BCUT2D eigenvalue weighted by Gasteiger charge is 2.12. The number of aromatic nitrogens is 3. The third kappa shape index (κ3) is 1.82. The Morgan fingerprint density at radius 1 is 1.62 bits per heavy atom. The lowest BCUT2D eigenvalue weighted by Gasteiger charge is -1.91. The van der Waals surface area contributed by atoms with Crippen molar-refractivity contribution in [2.75, 3.05) is 0 Å². The van der Waals surface area contributed by atoms with Crippen molar-refractivity contribution in [1.29, 1.82) is 0 Å². The Kier molecular flexibility index (Phi) is 2.71. The highest BCUT2D eigenvalue weighted by Crippen LogP contribution is 2.23. The molecule has 0 fully saturated rings. The smallest absolute Gasteiger partial charge is 0.269 e. The SMILES string of the molecule is NC(=O)c1ccn(-c2nc(Cl)c(C=O)s2)n1.